The van der Waals surface area contributed by atoms with Gasteiger partial charge in [0.1, 0.15) is 0 Å². The molecule has 1 saturated heterocycles. The Morgan fingerprint density at radius 2 is 1.75 bits per heavy atom. The van der Waals surface area contributed by atoms with Crippen LogP contribution in [0.2, 0.25) is 0 Å². The lowest BCUT2D eigenvalue weighted by atomic mass is 9.99. The van der Waals surface area contributed by atoms with E-state index in [1.54, 1.807) is 0 Å². The predicted octanol–water partition coefficient (Wildman–Crippen LogP) is 2.04. The van der Waals surface area contributed by atoms with Crippen LogP contribution in [0.3, 0.4) is 0 Å². The second-order valence-electron chi connectivity index (χ2n) is 5.79. The highest BCUT2D eigenvalue weighted by Crippen LogP contribution is 2.29. The minimum absolute atomic E-state index is 0.121. The van der Waals surface area contributed by atoms with Gasteiger partial charge in [-0.05, 0) is 50.8 Å². The van der Waals surface area contributed by atoms with E-state index in [0.717, 1.165) is 30.5 Å². The third-order valence-electron chi connectivity index (χ3n) is 4.40. The Bertz CT molecular complexity index is 533. The molecular weight excluding hydrogens is 252 g/mol. The van der Waals surface area contributed by atoms with Crippen LogP contribution in [0.5, 0.6) is 0 Å². The standard InChI is InChI=1S/C16H20N2O2/c1-10-5-6-11(2)14-13(10)15(19)18(16(14)20)9-7-12-4-3-8-17-12/h5-6,12,17H,3-4,7-9H2,1-2H3. The molecule has 0 spiro atoms. The summed E-state index contributed by atoms with van der Waals surface area (Å²) in [6, 6.07) is 4.28. The highest BCUT2D eigenvalue weighted by atomic mass is 16.2. The van der Waals surface area contributed by atoms with Gasteiger partial charge < -0.3 is 5.32 Å². The Morgan fingerprint density at radius 3 is 2.25 bits per heavy atom. The van der Waals surface area contributed by atoms with Gasteiger partial charge in [0.2, 0.25) is 0 Å². The van der Waals surface area contributed by atoms with Gasteiger partial charge in [-0.2, -0.15) is 0 Å². The number of carbonyl (C=O) groups excluding carboxylic acids is 2. The molecule has 1 fully saturated rings. The van der Waals surface area contributed by atoms with E-state index in [-0.39, 0.29) is 11.8 Å². The monoisotopic (exact) mass is 272 g/mol. The lowest BCUT2D eigenvalue weighted by Gasteiger charge is -2.17. The number of fused-ring (bicyclic) bond motifs is 1. The summed E-state index contributed by atoms with van der Waals surface area (Å²) < 4.78 is 0. The molecule has 2 heterocycles. The van der Waals surface area contributed by atoms with Crippen molar-refractivity contribution in [2.45, 2.75) is 39.2 Å². The third kappa shape index (κ3) is 2.04. The average molecular weight is 272 g/mol. The molecule has 2 aliphatic heterocycles. The maximum Gasteiger partial charge on any atom is 0.261 e. The zero-order valence-electron chi connectivity index (χ0n) is 12.0. The first-order chi connectivity index (χ1) is 9.59. The van der Waals surface area contributed by atoms with Crippen LogP contribution in [0.4, 0.5) is 0 Å². The van der Waals surface area contributed by atoms with Crippen LogP contribution in [0.15, 0.2) is 12.1 Å². The van der Waals surface area contributed by atoms with Crippen molar-refractivity contribution in [3.63, 3.8) is 0 Å². The van der Waals surface area contributed by atoms with Crippen molar-refractivity contribution in [1.82, 2.24) is 10.2 Å². The molecule has 0 aliphatic carbocycles. The second-order valence-corrected chi connectivity index (χ2v) is 5.79. The number of hydrogen-bond donors (Lipinski definition) is 1. The number of rotatable bonds is 3. The Hall–Kier alpha value is -1.68. The van der Waals surface area contributed by atoms with Crippen LogP contribution in [0.25, 0.3) is 0 Å². The fourth-order valence-corrected chi connectivity index (χ4v) is 3.22. The lowest BCUT2D eigenvalue weighted by Crippen LogP contribution is -2.34. The van der Waals surface area contributed by atoms with Crippen molar-refractivity contribution in [1.29, 1.82) is 0 Å². The first kappa shape index (κ1) is 13.3. The van der Waals surface area contributed by atoms with E-state index in [1.165, 1.54) is 11.3 Å². The molecule has 1 atom stereocenters. The first-order valence-corrected chi connectivity index (χ1v) is 7.29. The molecule has 1 aromatic carbocycles. The van der Waals surface area contributed by atoms with E-state index in [2.05, 4.69) is 5.32 Å². The molecule has 2 aliphatic rings. The first-order valence-electron chi connectivity index (χ1n) is 7.29. The van der Waals surface area contributed by atoms with Crippen molar-refractivity contribution in [2.24, 2.45) is 0 Å². The summed E-state index contributed by atoms with van der Waals surface area (Å²) in [6.45, 7) is 5.35. The molecule has 3 rings (SSSR count). The van der Waals surface area contributed by atoms with Crippen LogP contribution in [0.1, 0.15) is 51.1 Å². The second kappa shape index (κ2) is 5.02. The summed E-state index contributed by atoms with van der Waals surface area (Å²) in [4.78, 5) is 26.4. The van der Waals surface area contributed by atoms with E-state index in [9.17, 15) is 9.59 Å². The average Bonchev–Trinajstić information content (AvgIpc) is 3.01. The number of imide groups is 1. The van der Waals surface area contributed by atoms with Crippen molar-refractivity contribution in [3.05, 3.63) is 34.4 Å². The van der Waals surface area contributed by atoms with Crippen molar-refractivity contribution in [2.75, 3.05) is 13.1 Å². The van der Waals surface area contributed by atoms with E-state index in [0.29, 0.717) is 23.7 Å². The molecule has 0 saturated carbocycles. The van der Waals surface area contributed by atoms with Gasteiger partial charge in [-0.25, -0.2) is 0 Å². The summed E-state index contributed by atoms with van der Waals surface area (Å²) in [5, 5.41) is 3.40. The number of nitrogens with zero attached hydrogens (tertiary/aromatic N) is 1. The summed E-state index contributed by atoms with van der Waals surface area (Å²) >= 11 is 0. The van der Waals surface area contributed by atoms with Crippen molar-refractivity contribution < 1.29 is 9.59 Å². The van der Waals surface area contributed by atoms with Gasteiger partial charge in [0.15, 0.2) is 0 Å². The number of benzene rings is 1. The number of amides is 2. The maximum atomic E-state index is 12.5. The predicted molar refractivity (Wildman–Crippen MR) is 76.9 cm³/mol. The summed E-state index contributed by atoms with van der Waals surface area (Å²) in [5.74, 6) is -0.242. The van der Waals surface area contributed by atoms with Gasteiger partial charge in [0.05, 0.1) is 11.1 Å². The largest absolute Gasteiger partial charge is 0.314 e. The highest BCUT2D eigenvalue weighted by Gasteiger charge is 2.37. The van der Waals surface area contributed by atoms with Gasteiger partial charge in [0.25, 0.3) is 11.8 Å². The van der Waals surface area contributed by atoms with Crippen LogP contribution in [-0.2, 0) is 0 Å². The molecule has 1 aromatic rings. The Morgan fingerprint density at radius 1 is 1.15 bits per heavy atom. The molecule has 20 heavy (non-hydrogen) atoms. The molecule has 4 heteroatoms. The SMILES string of the molecule is Cc1ccc(C)c2c1C(=O)N(CCC1CCCN1)C2=O. The topological polar surface area (TPSA) is 49.4 Å². The van der Waals surface area contributed by atoms with E-state index in [4.69, 9.17) is 0 Å². The summed E-state index contributed by atoms with van der Waals surface area (Å²) in [7, 11) is 0. The summed E-state index contributed by atoms with van der Waals surface area (Å²) in [5.41, 5.74) is 3.00. The molecule has 2 amide bonds. The van der Waals surface area contributed by atoms with Crippen molar-refractivity contribution >= 4 is 11.8 Å². The molecule has 0 radical (unpaired) electrons. The molecule has 0 bridgehead atoms. The normalized spacial score (nSPS) is 21.7. The van der Waals surface area contributed by atoms with Crippen LogP contribution in [-0.4, -0.2) is 35.8 Å². The number of carbonyl (C=O) groups is 2. The van der Waals surface area contributed by atoms with Gasteiger partial charge in [-0.15, -0.1) is 0 Å². The molecule has 4 nitrogen and oxygen atoms in total. The third-order valence-corrected chi connectivity index (χ3v) is 4.40. The summed E-state index contributed by atoms with van der Waals surface area (Å²) in [6.07, 6.45) is 3.18. The number of hydrogen-bond acceptors (Lipinski definition) is 3. The maximum absolute atomic E-state index is 12.5. The quantitative estimate of drug-likeness (QED) is 0.857. The van der Waals surface area contributed by atoms with Gasteiger partial charge >= 0.3 is 0 Å². The fourth-order valence-electron chi connectivity index (χ4n) is 3.22. The Balaban J connectivity index is 1.82. The van der Waals surface area contributed by atoms with E-state index >= 15 is 0 Å². The van der Waals surface area contributed by atoms with E-state index < -0.39 is 0 Å². The Labute approximate surface area is 119 Å². The van der Waals surface area contributed by atoms with E-state index in [1.807, 2.05) is 26.0 Å². The minimum atomic E-state index is -0.121. The minimum Gasteiger partial charge on any atom is -0.314 e. The Kier molecular flexibility index (Phi) is 3.34. The van der Waals surface area contributed by atoms with Crippen molar-refractivity contribution in [3.8, 4) is 0 Å². The number of nitrogens with one attached hydrogen (secondary N) is 1. The van der Waals surface area contributed by atoms with Crippen LogP contribution in [0, 0.1) is 13.8 Å². The van der Waals surface area contributed by atoms with Gasteiger partial charge in [0, 0.05) is 12.6 Å². The highest BCUT2D eigenvalue weighted by molar-refractivity contribution is 6.22. The number of aryl methyl sites for hydroxylation is 2. The smallest absolute Gasteiger partial charge is 0.261 e. The molecule has 1 N–H and O–H groups in total. The zero-order chi connectivity index (χ0) is 14.3. The van der Waals surface area contributed by atoms with Crippen LogP contribution < -0.4 is 5.32 Å². The zero-order valence-corrected chi connectivity index (χ0v) is 12.0. The van der Waals surface area contributed by atoms with Crippen LogP contribution >= 0.6 is 0 Å². The molecule has 1 unspecified atom stereocenters. The lowest BCUT2D eigenvalue weighted by molar-refractivity contribution is 0.0649. The molecular formula is C16H20N2O2. The van der Waals surface area contributed by atoms with Gasteiger partial charge in [-0.3, -0.25) is 14.5 Å². The fraction of sp³-hybridized carbons (Fsp3) is 0.500. The molecule has 106 valence electrons. The van der Waals surface area contributed by atoms with Gasteiger partial charge in [-0.1, -0.05) is 12.1 Å². The molecule has 0 aromatic heterocycles.